The molecule has 29 heavy (non-hydrogen) atoms. The number of methoxy groups -OCH3 is 1. The number of benzene rings is 2. The summed E-state index contributed by atoms with van der Waals surface area (Å²) in [6, 6.07) is 12.5. The number of nitrogens with zero attached hydrogens (tertiary/aromatic N) is 2. The van der Waals surface area contributed by atoms with E-state index in [0.717, 1.165) is 11.8 Å². The second-order valence-electron chi connectivity index (χ2n) is 6.98. The highest BCUT2D eigenvalue weighted by atomic mass is 19.4. The van der Waals surface area contributed by atoms with Crippen LogP contribution in [0.5, 0.6) is 11.5 Å². The molecule has 1 heterocycles. The van der Waals surface area contributed by atoms with Crippen molar-refractivity contribution in [3.63, 3.8) is 0 Å². The van der Waals surface area contributed by atoms with Crippen LogP contribution in [0.2, 0.25) is 0 Å². The average Bonchev–Trinajstić information content (AvgIpc) is 2.73. The van der Waals surface area contributed by atoms with E-state index in [1.54, 1.807) is 37.4 Å². The first-order valence-corrected chi connectivity index (χ1v) is 9.44. The molecule has 2 aromatic rings. The van der Waals surface area contributed by atoms with E-state index in [1.165, 1.54) is 12.1 Å². The molecule has 158 valence electrons. The molecule has 0 bridgehead atoms. The van der Waals surface area contributed by atoms with Gasteiger partial charge in [-0.2, -0.15) is 13.2 Å². The van der Waals surface area contributed by atoms with E-state index in [-0.39, 0.29) is 6.61 Å². The van der Waals surface area contributed by atoms with Crippen LogP contribution in [0.4, 0.5) is 18.9 Å². The summed E-state index contributed by atoms with van der Waals surface area (Å²) in [5, 5.41) is 10.2. The largest absolute Gasteiger partial charge is 0.497 e. The van der Waals surface area contributed by atoms with Crippen molar-refractivity contribution in [2.75, 3.05) is 51.3 Å². The highest BCUT2D eigenvalue weighted by Crippen LogP contribution is 2.31. The zero-order chi connectivity index (χ0) is 20.9. The van der Waals surface area contributed by atoms with Crippen LogP contribution in [0.1, 0.15) is 5.56 Å². The third-order valence-electron chi connectivity index (χ3n) is 4.88. The van der Waals surface area contributed by atoms with Crippen molar-refractivity contribution >= 4 is 5.69 Å². The maximum Gasteiger partial charge on any atom is 0.416 e. The highest BCUT2D eigenvalue weighted by molar-refractivity contribution is 5.49. The Labute approximate surface area is 168 Å². The van der Waals surface area contributed by atoms with Crippen molar-refractivity contribution < 1.29 is 27.8 Å². The van der Waals surface area contributed by atoms with Crippen molar-refractivity contribution in [2.24, 2.45) is 0 Å². The van der Waals surface area contributed by atoms with E-state index >= 15 is 0 Å². The van der Waals surface area contributed by atoms with E-state index in [1.807, 2.05) is 4.90 Å². The molecule has 0 aliphatic carbocycles. The summed E-state index contributed by atoms with van der Waals surface area (Å²) in [6.07, 6.45) is -5.00. The summed E-state index contributed by atoms with van der Waals surface area (Å²) < 4.78 is 49.4. The van der Waals surface area contributed by atoms with Gasteiger partial charge in [-0.25, -0.2) is 0 Å². The zero-order valence-electron chi connectivity index (χ0n) is 16.2. The number of hydrogen-bond acceptors (Lipinski definition) is 5. The topological polar surface area (TPSA) is 45.2 Å². The minimum atomic E-state index is -4.34. The number of β-amino-alcohol motifs (C(OH)–C–C–N with tert-alkyl or cyclic N) is 1. The lowest BCUT2D eigenvalue weighted by molar-refractivity contribution is -0.137. The van der Waals surface area contributed by atoms with Crippen LogP contribution in [0.25, 0.3) is 0 Å². The molecule has 1 fully saturated rings. The first-order valence-electron chi connectivity index (χ1n) is 9.44. The van der Waals surface area contributed by atoms with Gasteiger partial charge in [0, 0.05) is 38.4 Å². The fourth-order valence-electron chi connectivity index (χ4n) is 3.28. The molecule has 1 N–H and O–H groups in total. The molecule has 0 unspecified atom stereocenters. The maximum absolute atomic E-state index is 12.9. The van der Waals surface area contributed by atoms with E-state index in [9.17, 15) is 18.3 Å². The molecule has 1 aliphatic rings. The average molecular weight is 410 g/mol. The van der Waals surface area contributed by atoms with Gasteiger partial charge in [0.15, 0.2) is 0 Å². The second kappa shape index (κ2) is 9.37. The predicted octanol–water partition coefficient (Wildman–Crippen LogP) is 3.28. The molecule has 1 atom stereocenters. The number of alkyl halides is 3. The third kappa shape index (κ3) is 6.01. The second-order valence-corrected chi connectivity index (χ2v) is 6.98. The SMILES string of the molecule is COc1ccc(OC[C@H](O)CN2CCN(c3cccc(C(F)(F)F)c3)CC2)cc1. The maximum atomic E-state index is 12.9. The number of hydrogen-bond donors (Lipinski definition) is 1. The molecular weight excluding hydrogens is 385 g/mol. The fraction of sp³-hybridized carbons (Fsp3) is 0.429. The molecule has 2 aromatic carbocycles. The first-order chi connectivity index (χ1) is 13.8. The number of ether oxygens (including phenoxy) is 2. The van der Waals surface area contributed by atoms with Gasteiger partial charge in [-0.3, -0.25) is 4.90 Å². The van der Waals surface area contributed by atoms with Crippen LogP contribution in [-0.2, 0) is 6.18 Å². The van der Waals surface area contributed by atoms with Crippen LogP contribution in [0, 0.1) is 0 Å². The lowest BCUT2D eigenvalue weighted by atomic mass is 10.1. The summed E-state index contributed by atoms with van der Waals surface area (Å²) in [4.78, 5) is 4.03. The summed E-state index contributed by atoms with van der Waals surface area (Å²) in [5.74, 6) is 1.38. The number of anilines is 1. The molecule has 5 nitrogen and oxygen atoms in total. The van der Waals surface area contributed by atoms with E-state index in [0.29, 0.717) is 44.2 Å². The summed E-state index contributed by atoms with van der Waals surface area (Å²) >= 11 is 0. The Hall–Kier alpha value is -2.45. The molecule has 1 aliphatic heterocycles. The van der Waals surface area contributed by atoms with Gasteiger partial charge in [-0.1, -0.05) is 6.07 Å². The molecule has 1 saturated heterocycles. The van der Waals surface area contributed by atoms with Gasteiger partial charge in [0.25, 0.3) is 0 Å². The van der Waals surface area contributed by atoms with E-state index in [2.05, 4.69) is 4.90 Å². The summed E-state index contributed by atoms with van der Waals surface area (Å²) in [5.41, 5.74) is -0.0635. The van der Waals surface area contributed by atoms with Gasteiger partial charge < -0.3 is 19.5 Å². The van der Waals surface area contributed by atoms with Gasteiger partial charge in [0.2, 0.25) is 0 Å². The monoisotopic (exact) mass is 410 g/mol. The van der Waals surface area contributed by atoms with Gasteiger partial charge in [0.05, 0.1) is 12.7 Å². The van der Waals surface area contributed by atoms with Crippen LogP contribution in [-0.4, -0.2) is 62.6 Å². The Morgan fingerprint density at radius 3 is 2.28 bits per heavy atom. The minimum absolute atomic E-state index is 0.167. The zero-order valence-corrected chi connectivity index (χ0v) is 16.2. The van der Waals surface area contributed by atoms with Crippen LogP contribution >= 0.6 is 0 Å². The molecular formula is C21H25F3N2O3. The van der Waals surface area contributed by atoms with Crippen LogP contribution in [0.15, 0.2) is 48.5 Å². The smallest absolute Gasteiger partial charge is 0.416 e. The van der Waals surface area contributed by atoms with Crippen molar-refractivity contribution in [2.45, 2.75) is 12.3 Å². The molecule has 0 saturated carbocycles. The number of aliphatic hydroxyl groups is 1. The standard InChI is InChI=1S/C21H25F3N2O3/c1-28-19-5-7-20(8-6-19)29-15-18(27)14-25-9-11-26(12-10-25)17-4-2-3-16(13-17)21(22,23)24/h2-8,13,18,27H,9-12,14-15H2,1H3/t18-/m1/s1. The van der Waals surface area contributed by atoms with Crippen molar-refractivity contribution in [3.05, 3.63) is 54.1 Å². The van der Waals surface area contributed by atoms with Crippen molar-refractivity contribution in [1.82, 2.24) is 4.90 Å². The molecule has 0 spiro atoms. The Morgan fingerprint density at radius 1 is 1.00 bits per heavy atom. The third-order valence-corrected chi connectivity index (χ3v) is 4.88. The molecule has 0 aromatic heterocycles. The number of halogens is 3. The molecule has 0 radical (unpaired) electrons. The van der Waals surface area contributed by atoms with Crippen LogP contribution < -0.4 is 14.4 Å². The van der Waals surface area contributed by atoms with E-state index < -0.39 is 17.8 Å². The van der Waals surface area contributed by atoms with E-state index in [4.69, 9.17) is 9.47 Å². The highest BCUT2D eigenvalue weighted by Gasteiger charge is 2.31. The summed E-state index contributed by atoms with van der Waals surface area (Å²) in [7, 11) is 1.59. The molecule has 0 amide bonds. The summed E-state index contributed by atoms with van der Waals surface area (Å²) in [6.45, 7) is 3.15. The molecule has 3 rings (SSSR count). The Bertz CT molecular complexity index is 775. The fourth-order valence-corrected chi connectivity index (χ4v) is 3.28. The Morgan fingerprint density at radius 2 is 1.66 bits per heavy atom. The first kappa shape index (κ1) is 21.3. The number of piperazine rings is 1. The molecule has 8 heteroatoms. The Balaban J connectivity index is 1.44. The van der Waals surface area contributed by atoms with Gasteiger partial charge in [-0.05, 0) is 42.5 Å². The minimum Gasteiger partial charge on any atom is -0.497 e. The van der Waals surface area contributed by atoms with Crippen LogP contribution in [0.3, 0.4) is 0 Å². The van der Waals surface area contributed by atoms with Gasteiger partial charge in [-0.15, -0.1) is 0 Å². The lowest BCUT2D eigenvalue weighted by Crippen LogP contribution is -2.49. The lowest BCUT2D eigenvalue weighted by Gasteiger charge is -2.37. The van der Waals surface area contributed by atoms with Crippen molar-refractivity contribution in [3.8, 4) is 11.5 Å². The van der Waals surface area contributed by atoms with Gasteiger partial charge >= 0.3 is 6.18 Å². The van der Waals surface area contributed by atoms with Gasteiger partial charge in [0.1, 0.15) is 24.2 Å². The Kier molecular flexibility index (Phi) is 6.87. The predicted molar refractivity (Wildman–Crippen MR) is 105 cm³/mol. The number of rotatable bonds is 7. The normalized spacial score (nSPS) is 16.5. The quantitative estimate of drug-likeness (QED) is 0.759. The van der Waals surface area contributed by atoms with Crippen molar-refractivity contribution in [1.29, 1.82) is 0 Å². The number of aliphatic hydroxyl groups excluding tert-OH is 1.